The summed E-state index contributed by atoms with van der Waals surface area (Å²) in [6.07, 6.45) is 7.94. The van der Waals surface area contributed by atoms with Crippen molar-refractivity contribution in [3.63, 3.8) is 0 Å². The van der Waals surface area contributed by atoms with Crippen LogP contribution in [-0.2, 0) is 14.8 Å². The van der Waals surface area contributed by atoms with Gasteiger partial charge < -0.3 is 14.7 Å². The molecule has 4 heterocycles. The van der Waals surface area contributed by atoms with Crippen LogP contribution in [0.3, 0.4) is 0 Å². The Morgan fingerprint density at radius 1 is 0.933 bits per heavy atom. The van der Waals surface area contributed by atoms with Crippen LogP contribution in [-0.4, -0.2) is 92.1 Å². The zero-order chi connectivity index (χ0) is 21.1. The van der Waals surface area contributed by atoms with E-state index in [0.29, 0.717) is 39.0 Å². The summed E-state index contributed by atoms with van der Waals surface area (Å²) in [5.41, 5.74) is 0. The molecule has 10 heteroatoms. The van der Waals surface area contributed by atoms with Gasteiger partial charge in [0.2, 0.25) is 21.9 Å². The molecule has 4 rings (SSSR count). The molecule has 3 aliphatic heterocycles. The van der Waals surface area contributed by atoms with Crippen LogP contribution in [0.1, 0.15) is 32.1 Å². The third kappa shape index (κ3) is 4.85. The molecular weight excluding hydrogens is 404 g/mol. The van der Waals surface area contributed by atoms with Crippen molar-refractivity contribution >= 4 is 27.7 Å². The van der Waals surface area contributed by atoms with Crippen LogP contribution in [0.2, 0.25) is 0 Å². The van der Waals surface area contributed by atoms with Crippen molar-refractivity contribution in [3.8, 4) is 0 Å². The molecule has 1 aromatic heterocycles. The lowest BCUT2D eigenvalue weighted by atomic mass is 9.96. The molecule has 0 aliphatic carbocycles. The van der Waals surface area contributed by atoms with E-state index in [0.717, 1.165) is 37.9 Å². The predicted molar refractivity (Wildman–Crippen MR) is 116 cm³/mol. The molecule has 0 N–H and O–H groups in total. The minimum atomic E-state index is -3.16. The lowest BCUT2D eigenvalue weighted by molar-refractivity contribution is -0.137. The Morgan fingerprint density at radius 3 is 2.23 bits per heavy atom. The van der Waals surface area contributed by atoms with Crippen molar-refractivity contribution < 1.29 is 13.2 Å². The quantitative estimate of drug-likeness (QED) is 0.689. The van der Waals surface area contributed by atoms with E-state index in [1.54, 1.807) is 0 Å². The summed E-state index contributed by atoms with van der Waals surface area (Å²) < 4.78 is 24.8. The lowest BCUT2D eigenvalue weighted by Crippen LogP contribution is -2.52. The first kappa shape index (κ1) is 21.3. The van der Waals surface area contributed by atoms with Gasteiger partial charge in [0.1, 0.15) is 5.82 Å². The summed E-state index contributed by atoms with van der Waals surface area (Å²) >= 11 is 0. The van der Waals surface area contributed by atoms with Gasteiger partial charge in [0.15, 0.2) is 0 Å². The van der Waals surface area contributed by atoms with Gasteiger partial charge in [0.05, 0.1) is 6.26 Å². The van der Waals surface area contributed by atoms with Gasteiger partial charge in [-0.1, -0.05) is 0 Å². The Morgan fingerprint density at radius 2 is 1.60 bits per heavy atom. The second-order valence-corrected chi connectivity index (χ2v) is 10.5. The number of hydrogen-bond acceptors (Lipinski definition) is 7. The number of carbonyl (C=O) groups is 1. The second kappa shape index (κ2) is 9.05. The van der Waals surface area contributed by atoms with E-state index < -0.39 is 10.0 Å². The summed E-state index contributed by atoms with van der Waals surface area (Å²) in [5.74, 6) is 1.83. The summed E-state index contributed by atoms with van der Waals surface area (Å²) in [5, 5.41) is 0. The topological polar surface area (TPSA) is 90.0 Å². The zero-order valence-electron chi connectivity index (χ0n) is 17.7. The van der Waals surface area contributed by atoms with Gasteiger partial charge in [0, 0.05) is 64.5 Å². The Bertz CT molecular complexity index is 842. The normalized spacial score (nSPS) is 22.4. The third-order valence-electron chi connectivity index (χ3n) is 6.45. The van der Waals surface area contributed by atoms with E-state index in [9.17, 15) is 13.2 Å². The maximum absolute atomic E-state index is 12.9. The zero-order valence-corrected chi connectivity index (χ0v) is 18.6. The van der Waals surface area contributed by atoms with Crippen molar-refractivity contribution in [2.45, 2.75) is 32.1 Å². The van der Waals surface area contributed by atoms with Crippen molar-refractivity contribution in [2.24, 2.45) is 5.92 Å². The van der Waals surface area contributed by atoms with Crippen LogP contribution in [0.4, 0.5) is 11.8 Å². The summed E-state index contributed by atoms with van der Waals surface area (Å²) in [6.45, 7) is 5.77. The van der Waals surface area contributed by atoms with Crippen molar-refractivity contribution in [1.29, 1.82) is 0 Å². The monoisotopic (exact) mass is 436 g/mol. The SMILES string of the molecule is CS(=O)(=O)N1CCC(C(=O)N2CCN(c3ccnc(N4CCCCC4)n3)CC2)CC1. The molecule has 3 fully saturated rings. The third-order valence-corrected chi connectivity index (χ3v) is 7.76. The van der Waals surface area contributed by atoms with Crippen molar-refractivity contribution in [3.05, 3.63) is 12.3 Å². The molecule has 3 aliphatic rings. The Hall–Kier alpha value is -1.94. The molecule has 0 bridgehead atoms. The van der Waals surface area contributed by atoms with Crippen LogP contribution >= 0.6 is 0 Å². The Labute approximate surface area is 179 Å². The average molecular weight is 437 g/mol. The highest BCUT2D eigenvalue weighted by Crippen LogP contribution is 2.24. The van der Waals surface area contributed by atoms with Crippen LogP contribution in [0.25, 0.3) is 0 Å². The van der Waals surface area contributed by atoms with Gasteiger partial charge in [-0.15, -0.1) is 0 Å². The molecule has 3 saturated heterocycles. The smallest absolute Gasteiger partial charge is 0.227 e. The Kier molecular flexibility index (Phi) is 6.43. The van der Waals surface area contributed by atoms with Gasteiger partial charge in [-0.3, -0.25) is 4.79 Å². The fraction of sp³-hybridized carbons (Fsp3) is 0.750. The van der Waals surface area contributed by atoms with Crippen molar-refractivity contribution in [2.75, 3.05) is 68.4 Å². The highest BCUT2D eigenvalue weighted by atomic mass is 32.2. The average Bonchev–Trinajstić information content (AvgIpc) is 2.79. The number of hydrogen-bond donors (Lipinski definition) is 0. The van der Waals surface area contributed by atoms with E-state index in [4.69, 9.17) is 4.98 Å². The maximum Gasteiger partial charge on any atom is 0.227 e. The molecule has 1 amide bonds. The highest BCUT2D eigenvalue weighted by Gasteiger charge is 2.33. The number of piperazine rings is 1. The van der Waals surface area contributed by atoms with Crippen LogP contribution in [0.5, 0.6) is 0 Å². The fourth-order valence-electron chi connectivity index (χ4n) is 4.61. The van der Waals surface area contributed by atoms with Crippen LogP contribution in [0.15, 0.2) is 12.3 Å². The molecule has 0 radical (unpaired) electrons. The van der Waals surface area contributed by atoms with E-state index in [2.05, 4.69) is 14.8 Å². The number of sulfonamides is 1. The van der Waals surface area contributed by atoms with Crippen LogP contribution < -0.4 is 9.80 Å². The van der Waals surface area contributed by atoms with Gasteiger partial charge in [-0.25, -0.2) is 17.7 Å². The number of carbonyl (C=O) groups excluding carboxylic acids is 1. The second-order valence-electron chi connectivity index (χ2n) is 8.51. The van der Waals surface area contributed by atoms with Gasteiger partial charge in [0.25, 0.3) is 0 Å². The first-order chi connectivity index (χ1) is 14.4. The fourth-order valence-corrected chi connectivity index (χ4v) is 5.48. The molecule has 0 spiro atoms. The number of rotatable bonds is 4. The first-order valence-corrected chi connectivity index (χ1v) is 12.8. The highest BCUT2D eigenvalue weighted by molar-refractivity contribution is 7.88. The molecule has 0 aromatic carbocycles. The molecule has 0 saturated carbocycles. The van der Waals surface area contributed by atoms with Gasteiger partial charge in [-0.05, 0) is 38.2 Å². The minimum Gasteiger partial charge on any atom is -0.353 e. The molecule has 9 nitrogen and oxygen atoms in total. The summed E-state index contributed by atoms with van der Waals surface area (Å²) in [6, 6.07) is 1.95. The number of nitrogens with zero attached hydrogens (tertiary/aromatic N) is 6. The number of anilines is 2. The number of aromatic nitrogens is 2. The number of amides is 1. The van der Waals surface area contributed by atoms with E-state index in [1.165, 1.54) is 29.8 Å². The van der Waals surface area contributed by atoms with E-state index >= 15 is 0 Å². The standard InChI is InChI=1S/C20H32N6O3S/c1-30(28,29)26-11-6-17(7-12-26)19(27)24-15-13-23(14-16-24)18-5-8-21-20(22-18)25-9-3-2-4-10-25/h5,8,17H,2-4,6-7,9-16H2,1H3. The van der Waals surface area contributed by atoms with E-state index in [1.807, 2.05) is 17.2 Å². The molecule has 1 aromatic rings. The van der Waals surface area contributed by atoms with E-state index in [-0.39, 0.29) is 11.8 Å². The molecule has 30 heavy (non-hydrogen) atoms. The molecule has 166 valence electrons. The van der Waals surface area contributed by atoms with Gasteiger partial charge in [-0.2, -0.15) is 4.98 Å². The largest absolute Gasteiger partial charge is 0.353 e. The molecular formula is C20H32N6O3S. The Balaban J connectivity index is 1.30. The summed E-state index contributed by atoms with van der Waals surface area (Å²) in [7, 11) is -3.16. The van der Waals surface area contributed by atoms with Gasteiger partial charge >= 0.3 is 0 Å². The lowest BCUT2D eigenvalue weighted by Gasteiger charge is -2.38. The first-order valence-electron chi connectivity index (χ1n) is 11.0. The molecule has 0 unspecified atom stereocenters. The minimum absolute atomic E-state index is 0.0701. The number of piperidine rings is 2. The maximum atomic E-state index is 12.9. The molecule has 0 atom stereocenters. The van der Waals surface area contributed by atoms with Crippen LogP contribution in [0, 0.1) is 5.92 Å². The predicted octanol–water partition coefficient (Wildman–Crippen LogP) is 0.787. The summed E-state index contributed by atoms with van der Waals surface area (Å²) in [4.78, 5) is 28.6. The van der Waals surface area contributed by atoms with Crippen molar-refractivity contribution in [1.82, 2.24) is 19.2 Å².